The van der Waals surface area contributed by atoms with Crippen LogP contribution in [0.15, 0.2) is 0 Å². The number of ether oxygens (including phenoxy) is 2. The molecule has 82 valence electrons. The molecule has 0 rings (SSSR count). The lowest BCUT2D eigenvalue weighted by atomic mass is 10.2. The highest BCUT2D eigenvalue weighted by atomic mass is 16.6. The quantitative estimate of drug-likeness (QED) is 0.636. The molecular weight excluding hydrogens is 184 g/mol. The standard InChI is InChI=1S/C10H18O4/c1-5-9(11)13-7(3)8(4)14-10(12)6-2/h7-8H,5-6H2,1-4H3. The lowest BCUT2D eigenvalue weighted by Crippen LogP contribution is -2.30. The van der Waals surface area contributed by atoms with E-state index in [1.165, 1.54) is 0 Å². The van der Waals surface area contributed by atoms with Crippen molar-refractivity contribution < 1.29 is 19.1 Å². The summed E-state index contributed by atoms with van der Waals surface area (Å²) in [5.41, 5.74) is 0. The summed E-state index contributed by atoms with van der Waals surface area (Å²) < 4.78 is 9.98. The minimum absolute atomic E-state index is 0.281. The van der Waals surface area contributed by atoms with Crippen LogP contribution in [-0.2, 0) is 19.1 Å². The number of carbonyl (C=O) groups is 2. The van der Waals surface area contributed by atoms with Gasteiger partial charge in [0.05, 0.1) is 0 Å². The fourth-order valence-electron chi connectivity index (χ4n) is 0.773. The van der Waals surface area contributed by atoms with Crippen molar-refractivity contribution in [1.82, 2.24) is 0 Å². The van der Waals surface area contributed by atoms with Crippen LogP contribution in [0.5, 0.6) is 0 Å². The molecule has 2 unspecified atom stereocenters. The smallest absolute Gasteiger partial charge is 0.305 e. The van der Waals surface area contributed by atoms with Gasteiger partial charge in [-0.2, -0.15) is 0 Å². The largest absolute Gasteiger partial charge is 0.459 e. The van der Waals surface area contributed by atoms with E-state index in [0.29, 0.717) is 12.8 Å². The second kappa shape index (κ2) is 6.40. The molecule has 0 heterocycles. The fraction of sp³-hybridized carbons (Fsp3) is 0.800. The average molecular weight is 202 g/mol. The zero-order valence-corrected chi connectivity index (χ0v) is 9.20. The van der Waals surface area contributed by atoms with Gasteiger partial charge < -0.3 is 9.47 Å². The monoisotopic (exact) mass is 202 g/mol. The van der Waals surface area contributed by atoms with Gasteiger partial charge in [-0.15, -0.1) is 0 Å². The maximum absolute atomic E-state index is 10.9. The Balaban J connectivity index is 3.92. The first-order valence-electron chi connectivity index (χ1n) is 4.90. The molecule has 0 aliphatic rings. The van der Waals surface area contributed by atoms with Crippen molar-refractivity contribution in [1.29, 1.82) is 0 Å². The topological polar surface area (TPSA) is 52.6 Å². The Morgan fingerprint density at radius 1 is 0.929 bits per heavy atom. The van der Waals surface area contributed by atoms with Gasteiger partial charge in [-0.05, 0) is 13.8 Å². The van der Waals surface area contributed by atoms with Crippen LogP contribution in [0.25, 0.3) is 0 Å². The van der Waals surface area contributed by atoms with Crippen LogP contribution >= 0.6 is 0 Å². The van der Waals surface area contributed by atoms with E-state index < -0.39 is 12.2 Å². The summed E-state index contributed by atoms with van der Waals surface area (Å²) in [6.07, 6.45) is -0.117. The number of hydrogen-bond donors (Lipinski definition) is 0. The van der Waals surface area contributed by atoms with Gasteiger partial charge in [0.25, 0.3) is 0 Å². The van der Waals surface area contributed by atoms with Crippen molar-refractivity contribution in [2.24, 2.45) is 0 Å². The van der Waals surface area contributed by atoms with Gasteiger partial charge in [-0.1, -0.05) is 13.8 Å². The van der Waals surface area contributed by atoms with Crippen LogP contribution in [0, 0.1) is 0 Å². The SMILES string of the molecule is CCC(=O)OC(C)C(C)OC(=O)CC. The third-order valence-corrected chi connectivity index (χ3v) is 1.87. The first-order chi connectivity index (χ1) is 6.51. The molecule has 0 saturated heterocycles. The molecule has 0 aromatic rings. The van der Waals surface area contributed by atoms with Gasteiger partial charge >= 0.3 is 11.9 Å². The first kappa shape index (κ1) is 12.9. The molecule has 0 aromatic carbocycles. The molecule has 4 nitrogen and oxygen atoms in total. The zero-order chi connectivity index (χ0) is 11.1. The third kappa shape index (κ3) is 4.84. The molecule has 14 heavy (non-hydrogen) atoms. The predicted molar refractivity (Wildman–Crippen MR) is 51.7 cm³/mol. The molecule has 0 bridgehead atoms. The number of hydrogen-bond acceptors (Lipinski definition) is 4. The van der Waals surface area contributed by atoms with Crippen molar-refractivity contribution in [2.75, 3.05) is 0 Å². The molecule has 0 N–H and O–H groups in total. The van der Waals surface area contributed by atoms with Crippen molar-refractivity contribution in [3.05, 3.63) is 0 Å². The fourth-order valence-corrected chi connectivity index (χ4v) is 0.773. The molecule has 0 aliphatic carbocycles. The minimum atomic E-state index is -0.391. The highest BCUT2D eigenvalue weighted by molar-refractivity contribution is 5.70. The van der Waals surface area contributed by atoms with Gasteiger partial charge in [-0.3, -0.25) is 9.59 Å². The summed E-state index contributed by atoms with van der Waals surface area (Å²) >= 11 is 0. The van der Waals surface area contributed by atoms with E-state index in [9.17, 15) is 9.59 Å². The molecular formula is C10H18O4. The maximum Gasteiger partial charge on any atom is 0.305 e. The van der Waals surface area contributed by atoms with Crippen LogP contribution in [0.3, 0.4) is 0 Å². The minimum Gasteiger partial charge on any atom is -0.459 e. The maximum atomic E-state index is 10.9. The van der Waals surface area contributed by atoms with Gasteiger partial charge in [0, 0.05) is 12.8 Å². The normalized spacial score (nSPS) is 14.3. The summed E-state index contributed by atoms with van der Waals surface area (Å²) in [6.45, 7) is 6.86. The summed E-state index contributed by atoms with van der Waals surface area (Å²) in [6, 6.07) is 0. The lowest BCUT2D eigenvalue weighted by molar-refractivity contribution is -0.164. The Morgan fingerprint density at radius 2 is 1.21 bits per heavy atom. The summed E-state index contributed by atoms with van der Waals surface area (Å²) in [5.74, 6) is -0.561. The molecule has 4 heteroatoms. The van der Waals surface area contributed by atoms with Gasteiger partial charge in [0.2, 0.25) is 0 Å². The Bertz CT molecular complexity index is 178. The molecule has 0 amide bonds. The molecule has 2 atom stereocenters. The Labute approximate surface area is 84.6 Å². The Hall–Kier alpha value is -1.06. The van der Waals surface area contributed by atoms with Crippen LogP contribution in [-0.4, -0.2) is 24.1 Å². The van der Waals surface area contributed by atoms with E-state index in [0.717, 1.165) is 0 Å². The lowest BCUT2D eigenvalue weighted by Gasteiger charge is -2.20. The number of carbonyl (C=O) groups excluding carboxylic acids is 2. The van der Waals surface area contributed by atoms with E-state index in [-0.39, 0.29) is 11.9 Å². The zero-order valence-electron chi connectivity index (χ0n) is 9.20. The predicted octanol–water partition coefficient (Wildman–Crippen LogP) is 1.67. The summed E-state index contributed by atoms with van der Waals surface area (Å²) in [5, 5.41) is 0. The van der Waals surface area contributed by atoms with Crippen LogP contribution < -0.4 is 0 Å². The van der Waals surface area contributed by atoms with E-state index in [1.54, 1.807) is 27.7 Å². The summed E-state index contributed by atoms with van der Waals surface area (Å²) in [7, 11) is 0. The van der Waals surface area contributed by atoms with Gasteiger partial charge in [0.15, 0.2) is 0 Å². The second-order valence-corrected chi connectivity index (χ2v) is 3.10. The van der Waals surface area contributed by atoms with Crippen molar-refractivity contribution >= 4 is 11.9 Å². The van der Waals surface area contributed by atoms with Crippen LogP contribution in [0.4, 0.5) is 0 Å². The number of rotatable bonds is 5. The van der Waals surface area contributed by atoms with Crippen LogP contribution in [0.1, 0.15) is 40.5 Å². The van der Waals surface area contributed by atoms with E-state index in [4.69, 9.17) is 9.47 Å². The third-order valence-electron chi connectivity index (χ3n) is 1.87. The highest BCUT2D eigenvalue weighted by Crippen LogP contribution is 2.05. The molecule has 0 aromatic heterocycles. The van der Waals surface area contributed by atoms with Crippen molar-refractivity contribution in [3.8, 4) is 0 Å². The summed E-state index contributed by atoms with van der Waals surface area (Å²) in [4.78, 5) is 21.8. The molecule has 0 aliphatic heterocycles. The van der Waals surface area contributed by atoms with Gasteiger partial charge in [-0.25, -0.2) is 0 Å². The molecule has 0 saturated carbocycles. The Morgan fingerprint density at radius 3 is 1.43 bits per heavy atom. The van der Waals surface area contributed by atoms with Crippen LogP contribution in [0.2, 0.25) is 0 Å². The van der Waals surface area contributed by atoms with Crippen molar-refractivity contribution in [3.63, 3.8) is 0 Å². The van der Waals surface area contributed by atoms with E-state index in [2.05, 4.69) is 0 Å². The Kier molecular flexibility index (Phi) is 5.92. The number of esters is 2. The van der Waals surface area contributed by atoms with E-state index >= 15 is 0 Å². The first-order valence-corrected chi connectivity index (χ1v) is 4.90. The molecule has 0 fully saturated rings. The second-order valence-electron chi connectivity index (χ2n) is 3.10. The van der Waals surface area contributed by atoms with E-state index in [1.807, 2.05) is 0 Å². The molecule has 0 radical (unpaired) electrons. The van der Waals surface area contributed by atoms with Gasteiger partial charge in [0.1, 0.15) is 12.2 Å². The molecule has 0 spiro atoms. The highest BCUT2D eigenvalue weighted by Gasteiger charge is 2.18. The average Bonchev–Trinajstić information content (AvgIpc) is 2.17. The van der Waals surface area contributed by atoms with Crippen molar-refractivity contribution in [2.45, 2.75) is 52.7 Å².